The lowest BCUT2D eigenvalue weighted by Crippen LogP contribution is -2.36. The molecule has 0 saturated heterocycles. The van der Waals surface area contributed by atoms with Gasteiger partial charge in [0.1, 0.15) is 5.75 Å². The molecule has 1 aromatic rings. The summed E-state index contributed by atoms with van der Waals surface area (Å²) in [5.74, 6) is 1.07. The van der Waals surface area contributed by atoms with Crippen molar-refractivity contribution in [1.29, 1.82) is 0 Å². The summed E-state index contributed by atoms with van der Waals surface area (Å²) in [4.78, 5) is 14.0. The molecule has 0 heterocycles. The second-order valence-electron chi connectivity index (χ2n) is 4.71. The van der Waals surface area contributed by atoms with Gasteiger partial charge in [0.25, 0.3) is 0 Å². The Morgan fingerprint density at radius 3 is 2.47 bits per heavy atom. The Bertz CT molecular complexity index is 390. The highest BCUT2D eigenvalue weighted by Crippen LogP contribution is 2.14. The first kappa shape index (κ1) is 15.5. The standard InChI is InChI=1S/C15H24N2O2/c1-5-13(10-16-2)15(18)17(3)11-12-6-8-14(19-4)9-7-12/h6-9,13,16H,5,10-11H2,1-4H3. The Kier molecular flexibility index (Phi) is 6.36. The van der Waals surface area contributed by atoms with Gasteiger partial charge in [0, 0.05) is 20.1 Å². The van der Waals surface area contributed by atoms with E-state index in [1.165, 1.54) is 0 Å². The van der Waals surface area contributed by atoms with Gasteiger partial charge < -0.3 is 15.0 Å². The van der Waals surface area contributed by atoms with Crippen molar-refractivity contribution < 1.29 is 9.53 Å². The van der Waals surface area contributed by atoms with Gasteiger partial charge in [-0.25, -0.2) is 0 Å². The maximum Gasteiger partial charge on any atom is 0.226 e. The van der Waals surface area contributed by atoms with Crippen molar-refractivity contribution >= 4 is 5.91 Å². The first-order valence-corrected chi connectivity index (χ1v) is 6.64. The van der Waals surface area contributed by atoms with Crippen molar-refractivity contribution in [1.82, 2.24) is 10.2 Å². The zero-order valence-electron chi connectivity index (χ0n) is 12.3. The number of nitrogens with zero attached hydrogens (tertiary/aromatic N) is 1. The Hall–Kier alpha value is -1.55. The molecule has 0 aliphatic rings. The molecule has 0 aliphatic heterocycles. The van der Waals surface area contributed by atoms with E-state index in [-0.39, 0.29) is 11.8 Å². The molecule has 0 radical (unpaired) electrons. The number of hydrogen-bond acceptors (Lipinski definition) is 3. The quantitative estimate of drug-likeness (QED) is 0.818. The number of methoxy groups -OCH3 is 1. The first-order chi connectivity index (χ1) is 9.12. The lowest BCUT2D eigenvalue weighted by molar-refractivity contribution is -0.134. The van der Waals surface area contributed by atoms with E-state index >= 15 is 0 Å². The third kappa shape index (κ3) is 4.56. The molecule has 4 heteroatoms. The number of rotatable bonds is 7. The van der Waals surface area contributed by atoms with Crippen LogP contribution in [0.1, 0.15) is 18.9 Å². The van der Waals surface area contributed by atoms with Crippen LogP contribution in [0.4, 0.5) is 0 Å². The lowest BCUT2D eigenvalue weighted by atomic mass is 10.0. The topological polar surface area (TPSA) is 41.6 Å². The van der Waals surface area contributed by atoms with Crippen LogP contribution in [0.3, 0.4) is 0 Å². The first-order valence-electron chi connectivity index (χ1n) is 6.64. The van der Waals surface area contributed by atoms with Crippen molar-refractivity contribution in [2.75, 3.05) is 27.7 Å². The van der Waals surface area contributed by atoms with Crippen molar-refractivity contribution in [2.24, 2.45) is 5.92 Å². The van der Waals surface area contributed by atoms with E-state index < -0.39 is 0 Å². The number of amides is 1. The minimum atomic E-state index is 0.0493. The normalized spacial score (nSPS) is 12.0. The van der Waals surface area contributed by atoms with Gasteiger partial charge in [-0.05, 0) is 31.2 Å². The van der Waals surface area contributed by atoms with Gasteiger partial charge in [0.15, 0.2) is 0 Å². The minimum Gasteiger partial charge on any atom is -0.497 e. The van der Waals surface area contributed by atoms with Gasteiger partial charge in [0.2, 0.25) is 5.91 Å². The molecule has 1 aromatic carbocycles. The molecule has 1 N–H and O–H groups in total. The second-order valence-corrected chi connectivity index (χ2v) is 4.71. The third-order valence-electron chi connectivity index (χ3n) is 3.25. The Morgan fingerprint density at radius 2 is 2.00 bits per heavy atom. The van der Waals surface area contributed by atoms with Crippen LogP contribution >= 0.6 is 0 Å². The fraction of sp³-hybridized carbons (Fsp3) is 0.533. The Balaban J connectivity index is 2.61. The van der Waals surface area contributed by atoms with E-state index in [0.29, 0.717) is 6.54 Å². The average Bonchev–Trinajstić information content (AvgIpc) is 2.44. The molecule has 0 fully saturated rings. The third-order valence-corrected chi connectivity index (χ3v) is 3.25. The number of hydrogen-bond donors (Lipinski definition) is 1. The maximum absolute atomic E-state index is 12.3. The van der Waals surface area contributed by atoms with Crippen molar-refractivity contribution in [3.8, 4) is 5.75 Å². The fourth-order valence-electron chi connectivity index (χ4n) is 2.05. The molecule has 1 amide bonds. The van der Waals surface area contributed by atoms with Crippen molar-refractivity contribution in [3.05, 3.63) is 29.8 Å². The average molecular weight is 264 g/mol. The van der Waals surface area contributed by atoms with E-state index in [0.717, 1.165) is 24.3 Å². The molecule has 4 nitrogen and oxygen atoms in total. The van der Waals surface area contributed by atoms with E-state index in [1.54, 1.807) is 12.0 Å². The van der Waals surface area contributed by atoms with Crippen LogP contribution in [-0.4, -0.2) is 38.6 Å². The number of nitrogens with one attached hydrogen (secondary N) is 1. The number of benzene rings is 1. The second kappa shape index (κ2) is 7.79. The molecule has 0 bridgehead atoms. The van der Waals surface area contributed by atoms with Gasteiger partial charge in [-0.1, -0.05) is 19.1 Å². The molecule has 1 rings (SSSR count). The largest absolute Gasteiger partial charge is 0.497 e. The summed E-state index contributed by atoms with van der Waals surface area (Å²) in [7, 11) is 5.37. The van der Waals surface area contributed by atoms with E-state index in [2.05, 4.69) is 5.32 Å². The summed E-state index contributed by atoms with van der Waals surface area (Å²) in [6, 6.07) is 7.81. The van der Waals surface area contributed by atoms with E-state index in [4.69, 9.17) is 4.74 Å². The van der Waals surface area contributed by atoms with Crippen LogP contribution in [0, 0.1) is 5.92 Å². The highest BCUT2D eigenvalue weighted by atomic mass is 16.5. The van der Waals surface area contributed by atoms with Gasteiger partial charge in [-0.3, -0.25) is 4.79 Å². The van der Waals surface area contributed by atoms with Gasteiger partial charge in [0.05, 0.1) is 13.0 Å². The zero-order chi connectivity index (χ0) is 14.3. The maximum atomic E-state index is 12.3. The summed E-state index contributed by atoms with van der Waals surface area (Å²) in [6.07, 6.45) is 0.854. The molecule has 19 heavy (non-hydrogen) atoms. The predicted octanol–water partition coefficient (Wildman–Crippen LogP) is 1.90. The smallest absolute Gasteiger partial charge is 0.226 e. The van der Waals surface area contributed by atoms with E-state index in [9.17, 15) is 4.79 Å². The molecular formula is C15H24N2O2. The van der Waals surface area contributed by atoms with Gasteiger partial charge in [-0.15, -0.1) is 0 Å². The van der Waals surface area contributed by atoms with Crippen LogP contribution in [0.5, 0.6) is 5.75 Å². The highest BCUT2D eigenvalue weighted by Gasteiger charge is 2.19. The Labute approximate surface area is 115 Å². The van der Waals surface area contributed by atoms with Crippen molar-refractivity contribution in [3.63, 3.8) is 0 Å². The van der Waals surface area contributed by atoms with E-state index in [1.807, 2.05) is 45.3 Å². The van der Waals surface area contributed by atoms with Gasteiger partial charge in [-0.2, -0.15) is 0 Å². The molecule has 0 spiro atoms. The summed E-state index contributed by atoms with van der Waals surface area (Å²) >= 11 is 0. The summed E-state index contributed by atoms with van der Waals surface area (Å²) in [6.45, 7) is 3.40. The fourth-order valence-corrected chi connectivity index (χ4v) is 2.05. The number of carbonyl (C=O) groups excluding carboxylic acids is 1. The van der Waals surface area contributed by atoms with Crippen LogP contribution in [0.15, 0.2) is 24.3 Å². The minimum absolute atomic E-state index is 0.0493. The summed E-state index contributed by atoms with van der Waals surface area (Å²) in [5.41, 5.74) is 1.11. The molecule has 106 valence electrons. The lowest BCUT2D eigenvalue weighted by Gasteiger charge is -2.23. The van der Waals surface area contributed by atoms with Crippen LogP contribution in [-0.2, 0) is 11.3 Å². The summed E-state index contributed by atoms with van der Waals surface area (Å²) < 4.78 is 5.12. The molecule has 0 aliphatic carbocycles. The molecular weight excluding hydrogens is 240 g/mol. The Morgan fingerprint density at radius 1 is 1.37 bits per heavy atom. The molecule has 0 aromatic heterocycles. The van der Waals surface area contributed by atoms with Crippen LogP contribution in [0.25, 0.3) is 0 Å². The van der Waals surface area contributed by atoms with Crippen LogP contribution < -0.4 is 10.1 Å². The van der Waals surface area contributed by atoms with Crippen molar-refractivity contribution in [2.45, 2.75) is 19.9 Å². The molecule has 1 unspecified atom stereocenters. The van der Waals surface area contributed by atoms with Gasteiger partial charge >= 0.3 is 0 Å². The molecule has 1 atom stereocenters. The predicted molar refractivity (Wildman–Crippen MR) is 77.2 cm³/mol. The van der Waals surface area contributed by atoms with Crippen LogP contribution in [0.2, 0.25) is 0 Å². The monoisotopic (exact) mass is 264 g/mol. The highest BCUT2D eigenvalue weighted by molar-refractivity contribution is 5.78. The zero-order valence-corrected chi connectivity index (χ0v) is 12.3. The number of carbonyl (C=O) groups is 1. The number of ether oxygens (including phenoxy) is 1. The summed E-state index contributed by atoms with van der Waals surface area (Å²) in [5, 5.41) is 3.07. The SMILES string of the molecule is CCC(CNC)C(=O)N(C)Cc1ccc(OC)cc1. The molecule has 0 saturated carbocycles.